The number of hydrogen-bond donors (Lipinski definition) is 1. The maximum absolute atomic E-state index is 11.8. The number of nitrogens with one attached hydrogen (secondary N) is 1. The zero-order valence-electron chi connectivity index (χ0n) is 19.8. The van der Waals surface area contributed by atoms with E-state index >= 15 is 0 Å². The predicted molar refractivity (Wildman–Crippen MR) is 125 cm³/mol. The largest absolute Gasteiger partial charge is 0.349 e. The summed E-state index contributed by atoms with van der Waals surface area (Å²) >= 11 is 0. The van der Waals surface area contributed by atoms with Crippen molar-refractivity contribution in [2.45, 2.75) is 90.8 Å². The van der Waals surface area contributed by atoms with Crippen molar-refractivity contribution in [3.63, 3.8) is 0 Å². The Hall–Kier alpha value is -2.21. The van der Waals surface area contributed by atoms with E-state index in [0.29, 0.717) is 18.0 Å². The lowest BCUT2D eigenvalue weighted by atomic mass is 10.00. The van der Waals surface area contributed by atoms with Gasteiger partial charge in [-0.05, 0) is 51.1 Å². The van der Waals surface area contributed by atoms with Gasteiger partial charge in [0.15, 0.2) is 0 Å². The van der Waals surface area contributed by atoms with Crippen molar-refractivity contribution in [2.24, 2.45) is 0 Å². The summed E-state index contributed by atoms with van der Waals surface area (Å²) in [4.78, 5) is 14.4. The average Bonchev–Trinajstić information content (AvgIpc) is 3.35. The predicted octanol–water partition coefficient (Wildman–Crippen LogP) is 4.78. The maximum atomic E-state index is 11.8. The van der Waals surface area contributed by atoms with Gasteiger partial charge in [-0.1, -0.05) is 51.1 Å². The number of carbonyl (C=O) groups excluding carboxylic acids is 1. The normalized spacial score (nSPS) is 19.0. The quantitative estimate of drug-likeness (QED) is 0.595. The Morgan fingerprint density at radius 3 is 2.61 bits per heavy atom. The molecule has 2 aromatic rings. The van der Waals surface area contributed by atoms with Crippen LogP contribution in [0.15, 0.2) is 30.3 Å². The van der Waals surface area contributed by atoms with Gasteiger partial charge in [0, 0.05) is 31.5 Å². The fourth-order valence-corrected chi connectivity index (χ4v) is 5.00. The number of rotatable bonds is 10. The number of hydrogen-bond acceptors (Lipinski definition) is 4. The highest BCUT2D eigenvalue weighted by molar-refractivity contribution is 5.73. The third-order valence-electron chi connectivity index (χ3n) is 6.57. The Kier molecular flexibility index (Phi) is 8.24. The highest BCUT2D eigenvalue weighted by Crippen LogP contribution is 2.31. The maximum Gasteiger partial charge on any atom is 0.217 e. The lowest BCUT2D eigenvalue weighted by Gasteiger charge is -2.31. The van der Waals surface area contributed by atoms with Gasteiger partial charge < -0.3 is 14.8 Å². The Balaban J connectivity index is 1.67. The van der Waals surface area contributed by atoms with Crippen LogP contribution < -0.4 is 5.32 Å². The molecule has 0 bridgehead atoms. The summed E-state index contributed by atoms with van der Waals surface area (Å²) in [5.41, 5.74) is 1.18. The molecule has 31 heavy (non-hydrogen) atoms. The Morgan fingerprint density at radius 2 is 1.97 bits per heavy atom. The fourth-order valence-electron chi connectivity index (χ4n) is 5.00. The third-order valence-corrected chi connectivity index (χ3v) is 6.57. The summed E-state index contributed by atoms with van der Waals surface area (Å²) in [6.45, 7) is 12.5. The molecule has 1 aromatic heterocycles. The second-order valence-electron chi connectivity index (χ2n) is 9.21. The van der Waals surface area contributed by atoms with Gasteiger partial charge in [0.05, 0.1) is 6.04 Å². The van der Waals surface area contributed by atoms with E-state index in [1.807, 2.05) is 18.2 Å². The molecule has 2 heterocycles. The van der Waals surface area contributed by atoms with E-state index in [2.05, 4.69) is 64.8 Å². The number of likely N-dealkylation sites (tertiary alicyclic amines) is 1. The number of aromatic nitrogens is 3. The molecule has 170 valence electrons. The monoisotopic (exact) mass is 425 g/mol. The van der Waals surface area contributed by atoms with Crippen molar-refractivity contribution in [1.82, 2.24) is 25.0 Å². The van der Waals surface area contributed by atoms with E-state index in [0.717, 1.165) is 44.0 Å². The first kappa shape index (κ1) is 23.5. The Bertz CT molecular complexity index is 832. The highest BCUT2D eigenvalue weighted by Gasteiger charge is 2.29. The van der Waals surface area contributed by atoms with Gasteiger partial charge in [0.1, 0.15) is 11.6 Å². The van der Waals surface area contributed by atoms with Crippen LogP contribution in [0.2, 0.25) is 0 Å². The van der Waals surface area contributed by atoms with Gasteiger partial charge in [-0.15, -0.1) is 10.2 Å². The minimum Gasteiger partial charge on any atom is -0.349 e. The number of benzene rings is 1. The van der Waals surface area contributed by atoms with Crippen LogP contribution in [-0.2, 0) is 4.79 Å². The Morgan fingerprint density at radius 1 is 1.23 bits per heavy atom. The smallest absolute Gasteiger partial charge is 0.217 e. The van der Waals surface area contributed by atoms with E-state index in [-0.39, 0.29) is 11.9 Å². The molecule has 3 rings (SSSR count). The van der Waals surface area contributed by atoms with Crippen LogP contribution in [0, 0.1) is 6.92 Å². The highest BCUT2D eigenvalue weighted by atomic mass is 16.1. The molecule has 1 aliphatic heterocycles. The molecule has 3 atom stereocenters. The van der Waals surface area contributed by atoms with Crippen molar-refractivity contribution >= 4 is 5.91 Å². The molecule has 1 amide bonds. The van der Waals surface area contributed by atoms with Crippen LogP contribution in [0.3, 0.4) is 0 Å². The van der Waals surface area contributed by atoms with Gasteiger partial charge in [-0.25, -0.2) is 0 Å². The van der Waals surface area contributed by atoms with Gasteiger partial charge in [-0.2, -0.15) is 0 Å². The van der Waals surface area contributed by atoms with Crippen LogP contribution in [0.1, 0.15) is 95.0 Å². The first-order valence-corrected chi connectivity index (χ1v) is 11.9. The molecule has 6 heteroatoms. The van der Waals surface area contributed by atoms with Crippen LogP contribution >= 0.6 is 0 Å². The molecule has 1 aromatic carbocycles. The van der Waals surface area contributed by atoms with Crippen molar-refractivity contribution in [2.75, 3.05) is 13.1 Å². The number of aryl methyl sites for hydroxylation is 1. The van der Waals surface area contributed by atoms with E-state index in [1.54, 1.807) is 6.92 Å². The topological polar surface area (TPSA) is 63.1 Å². The first-order valence-electron chi connectivity index (χ1n) is 11.9. The van der Waals surface area contributed by atoms with E-state index in [4.69, 9.17) is 0 Å². The molecular formula is C25H39N5O. The molecule has 6 nitrogen and oxygen atoms in total. The zero-order valence-corrected chi connectivity index (χ0v) is 19.8. The molecule has 0 radical (unpaired) electrons. The standard InChI is InChI=1S/C25H39N5O/c1-6-22(30-19(4)27-28-25(30)18(2)3)17-23-13-10-15-29(23)16-14-24(26-20(5)31)21-11-8-7-9-12-21/h7-9,11-12,18,22-24H,6,10,13-17H2,1-5H3,(H,26,31). The molecule has 0 spiro atoms. The minimum atomic E-state index is 0.0298. The number of nitrogens with zero attached hydrogens (tertiary/aromatic N) is 4. The summed E-state index contributed by atoms with van der Waals surface area (Å²) in [5, 5.41) is 12.0. The summed E-state index contributed by atoms with van der Waals surface area (Å²) < 4.78 is 2.38. The summed E-state index contributed by atoms with van der Waals surface area (Å²) in [5.74, 6) is 2.53. The van der Waals surface area contributed by atoms with Crippen LogP contribution in [0.25, 0.3) is 0 Å². The first-order chi connectivity index (χ1) is 14.9. The zero-order chi connectivity index (χ0) is 22.4. The second kappa shape index (κ2) is 10.9. The van der Waals surface area contributed by atoms with Crippen LogP contribution in [-0.4, -0.2) is 44.7 Å². The molecule has 1 N–H and O–H groups in total. The molecule has 0 saturated carbocycles. The van der Waals surface area contributed by atoms with Crippen molar-refractivity contribution < 1.29 is 4.79 Å². The van der Waals surface area contributed by atoms with Gasteiger partial charge in [-0.3, -0.25) is 4.79 Å². The lowest BCUT2D eigenvalue weighted by Crippen LogP contribution is -2.36. The summed E-state index contributed by atoms with van der Waals surface area (Å²) in [6, 6.07) is 11.4. The Labute approximate surface area is 187 Å². The second-order valence-corrected chi connectivity index (χ2v) is 9.21. The third kappa shape index (κ3) is 5.94. The molecule has 1 fully saturated rings. The van der Waals surface area contributed by atoms with Crippen molar-refractivity contribution in [3.05, 3.63) is 47.5 Å². The van der Waals surface area contributed by atoms with Crippen LogP contribution in [0.4, 0.5) is 0 Å². The fraction of sp³-hybridized carbons (Fsp3) is 0.640. The van der Waals surface area contributed by atoms with E-state index < -0.39 is 0 Å². The van der Waals surface area contributed by atoms with Crippen molar-refractivity contribution in [3.8, 4) is 0 Å². The van der Waals surface area contributed by atoms with E-state index in [9.17, 15) is 4.79 Å². The summed E-state index contributed by atoms with van der Waals surface area (Å²) in [6.07, 6.45) is 5.63. The SMILES string of the molecule is CCC(CC1CCCN1CCC(NC(C)=O)c1ccccc1)n1c(C)nnc1C(C)C. The summed E-state index contributed by atoms with van der Waals surface area (Å²) in [7, 11) is 0. The average molecular weight is 426 g/mol. The van der Waals surface area contributed by atoms with Gasteiger partial charge in [0.2, 0.25) is 5.91 Å². The lowest BCUT2D eigenvalue weighted by molar-refractivity contribution is -0.119. The van der Waals surface area contributed by atoms with Crippen molar-refractivity contribution in [1.29, 1.82) is 0 Å². The number of carbonyl (C=O) groups is 1. The van der Waals surface area contributed by atoms with E-state index in [1.165, 1.54) is 18.4 Å². The van der Waals surface area contributed by atoms with Gasteiger partial charge >= 0.3 is 0 Å². The molecule has 0 aliphatic carbocycles. The molecule has 1 saturated heterocycles. The molecule has 1 aliphatic rings. The minimum absolute atomic E-state index is 0.0298. The van der Waals surface area contributed by atoms with Crippen LogP contribution in [0.5, 0.6) is 0 Å². The molecular weight excluding hydrogens is 386 g/mol. The number of amides is 1. The van der Waals surface area contributed by atoms with Gasteiger partial charge in [0.25, 0.3) is 0 Å². The molecule has 3 unspecified atom stereocenters.